The average Bonchev–Trinajstić information content (AvgIpc) is 3.23. The lowest BCUT2D eigenvalue weighted by molar-refractivity contribution is -0.140. The third kappa shape index (κ3) is 3.82. The summed E-state index contributed by atoms with van der Waals surface area (Å²) >= 11 is 0. The lowest BCUT2D eigenvalue weighted by atomic mass is 10.1. The summed E-state index contributed by atoms with van der Waals surface area (Å²) in [7, 11) is 0. The Bertz CT molecular complexity index is 1040. The summed E-state index contributed by atoms with van der Waals surface area (Å²) in [5.41, 5.74) is -0.873. The molecule has 1 aromatic heterocycles. The van der Waals surface area contributed by atoms with Gasteiger partial charge in [-0.2, -0.15) is 17.9 Å². The van der Waals surface area contributed by atoms with E-state index in [1.807, 2.05) is 35.2 Å². The molecular formula is C19H16F4N6O. The highest BCUT2D eigenvalue weighted by Gasteiger charge is 2.35. The molecule has 156 valence electrons. The lowest BCUT2D eigenvalue weighted by Crippen LogP contribution is -2.49. The SMILES string of the molecule is O=C(c1ccc(F)c(C(F)(F)F)c1)N1CCN(c2nnnn2-c2ccccc2)CC1. The molecule has 0 saturated carbocycles. The van der Waals surface area contributed by atoms with E-state index in [1.165, 1.54) is 4.90 Å². The molecule has 0 atom stereocenters. The van der Waals surface area contributed by atoms with Crippen LogP contribution < -0.4 is 4.90 Å². The van der Waals surface area contributed by atoms with Crippen LogP contribution in [0, 0.1) is 5.82 Å². The van der Waals surface area contributed by atoms with Crippen molar-refractivity contribution >= 4 is 11.9 Å². The smallest absolute Gasteiger partial charge is 0.336 e. The van der Waals surface area contributed by atoms with Crippen LogP contribution in [0.3, 0.4) is 0 Å². The normalized spacial score (nSPS) is 14.8. The van der Waals surface area contributed by atoms with Gasteiger partial charge in [0.25, 0.3) is 5.91 Å². The van der Waals surface area contributed by atoms with Gasteiger partial charge in [-0.25, -0.2) is 4.39 Å². The number of halogens is 4. The summed E-state index contributed by atoms with van der Waals surface area (Å²) in [6, 6.07) is 11.6. The monoisotopic (exact) mass is 420 g/mol. The molecule has 0 unspecified atom stereocenters. The molecule has 2 aromatic carbocycles. The van der Waals surface area contributed by atoms with E-state index in [-0.39, 0.29) is 18.7 Å². The summed E-state index contributed by atoms with van der Waals surface area (Å²) in [4.78, 5) is 16.0. The fourth-order valence-electron chi connectivity index (χ4n) is 3.28. The fraction of sp³-hybridized carbons (Fsp3) is 0.263. The molecule has 1 fully saturated rings. The van der Waals surface area contributed by atoms with Crippen LogP contribution in [0.1, 0.15) is 15.9 Å². The molecule has 4 rings (SSSR count). The number of benzene rings is 2. The van der Waals surface area contributed by atoms with Crippen LogP contribution in [0.4, 0.5) is 23.5 Å². The zero-order valence-electron chi connectivity index (χ0n) is 15.6. The van der Waals surface area contributed by atoms with Crippen molar-refractivity contribution in [2.45, 2.75) is 6.18 Å². The minimum Gasteiger partial charge on any atom is -0.336 e. The molecule has 0 N–H and O–H groups in total. The first-order valence-electron chi connectivity index (χ1n) is 9.09. The Kier molecular flexibility index (Phi) is 5.10. The molecular weight excluding hydrogens is 404 g/mol. The summed E-state index contributed by atoms with van der Waals surface area (Å²) in [6.45, 7) is 1.32. The van der Waals surface area contributed by atoms with Crippen molar-refractivity contribution < 1.29 is 22.4 Å². The molecule has 2 heterocycles. The van der Waals surface area contributed by atoms with Crippen LogP contribution in [-0.4, -0.2) is 57.2 Å². The Labute approximate surface area is 168 Å². The topological polar surface area (TPSA) is 67.2 Å². The van der Waals surface area contributed by atoms with Crippen molar-refractivity contribution in [1.29, 1.82) is 0 Å². The third-order valence-corrected chi connectivity index (χ3v) is 4.82. The van der Waals surface area contributed by atoms with E-state index >= 15 is 0 Å². The van der Waals surface area contributed by atoms with Gasteiger partial charge in [0, 0.05) is 31.7 Å². The zero-order chi connectivity index (χ0) is 21.3. The number of hydrogen-bond donors (Lipinski definition) is 0. The van der Waals surface area contributed by atoms with Crippen molar-refractivity contribution in [2.75, 3.05) is 31.1 Å². The summed E-state index contributed by atoms with van der Waals surface area (Å²) in [5.74, 6) is -1.48. The molecule has 0 spiro atoms. The number of tetrazole rings is 1. The van der Waals surface area contributed by atoms with E-state index in [2.05, 4.69) is 15.5 Å². The minimum absolute atomic E-state index is 0.203. The van der Waals surface area contributed by atoms with E-state index in [4.69, 9.17) is 0 Å². The highest BCUT2D eigenvalue weighted by atomic mass is 19.4. The van der Waals surface area contributed by atoms with Gasteiger partial charge in [0.1, 0.15) is 5.82 Å². The predicted octanol–water partition coefficient (Wildman–Crippen LogP) is 2.78. The molecule has 3 aromatic rings. The molecule has 1 amide bonds. The second kappa shape index (κ2) is 7.73. The highest BCUT2D eigenvalue weighted by molar-refractivity contribution is 5.94. The summed E-state index contributed by atoms with van der Waals surface area (Å²) in [6.07, 6.45) is -4.87. The first-order chi connectivity index (χ1) is 14.3. The Balaban J connectivity index is 1.47. The summed E-state index contributed by atoms with van der Waals surface area (Å²) in [5, 5.41) is 11.8. The second-order valence-electron chi connectivity index (χ2n) is 6.70. The Morgan fingerprint density at radius 2 is 1.67 bits per heavy atom. The van der Waals surface area contributed by atoms with Gasteiger partial charge < -0.3 is 9.80 Å². The molecule has 0 radical (unpaired) electrons. The molecule has 0 bridgehead atoms. The van der Waals surface area contributed by atoms with E-state index in [9.17, 15) is 22.4 Å². The van der Waals surface area contributed by atoms with E-state index in [0.29, 0.717) is 31.2 Å². The Morgan fingerprint density at radius 3 is 2.33 bits per heavy atom. The van der Waals surface area contributed by atoms with Crippen molar-refractivity contribution in [3.63, 3.8) is 0 Å². The quantitative estimate of drug-likeness (QED) is 0.610. The van der Waals surface area contributed by atoms with E-state index in [0.717, 1.165) is 11.8 Å². The van der Waals surface area contributed by atoms with Gasteiger partial charge in [-0.05, 0) is 40.8 Å². The lowest BCUT2D eigenvalue weighted by Gasteiger charge is -2.34. The predicted molar refractivity (Wildman–Crippen MR) is 98.7 cm³/mol. The van der Waals surface area contributed by atoms with Gasteiger partial charge in [0.2, 0.25) is 5.95 Å². The van der Waals surface area contributed by atoms with Crippen LogP contribution in [-0.2, 0) is 6.18 Å². The highest BCUT2D eigenvalue weighted by Crippen LogP contribution is 2.32. The third-order valence-electron chi connectivity index (χ3n) is 4.82. The van der Waals surface area contributed by atoms with Crippen LogP contribution in [0.25, 0.3) is 5.69 Å². The number of para-hydroxylation sites is 1. The number of amides is 1. The molecule has 1 aliphatic rings. The van der Waals surface area contributed by atoms with Crippen LogP contribution in [0.15, 0.2) is 48.5 Å². The van der Waals surface area contributed by atoms with Gasteiger partial charge in [0.05, 0.1) is 11.3 Å². The Morgan fingerprint density at radius 1 is 0.967 bits per heavy atom. The van der Waals surface area contributed by atoms with Crippen molar-refractivity contribution in [3.05, 3.63) is 65.5 Å². The average molecular weight is 420 g/mol. The van der Waals surface area contributed by atoms with Gasteiger partial charge in [-0.1, -0.05) is 23.3 Å². The van der Waals surface area contributed by atoms with Crippen LogP contribution in [0.2, 0.25) is 0 Å². The maximum atomic E-state index is 13.5. The number of hydrogen-bond acceptors (Lipinski definition) is 5. The number of anilines is 1. The Hall–Kier alpha value is -3.50. The standard InChI is InChI=1S/C19H16F4N6O/c20-16-7-6-13(12-15(16)19(21,22)23)17(30)27-8-10-28(11-9-27)18-24-25-26-29(18)14-4-2-1-3-5-14/h1-7,12H,8-11H2. The maximum absolute atomic E-state index is 13.5. The number of nitrogens with zero attached hydrogens (tertiary/aromatic N) is 6. The molecule has 11 heteroatoms. The van der Waals surface area contributed by atoms with Crippen LogP contribution >= 0.6 is 0 Å². The van der Waals surface area contributed by atoms with Crippen molar-refractivity contribution in [2.24, 2.45) is 0 Å². The number of rotatable bonds is 3. The van der Waals surface area contributed by atoms with Gasteiger partial charge >= 0.3 is 6.18 Å². The van der Waals surface area contributed by atoms with E-state index < -0.39 is 23.5 Å². The summed E-state index contributed by atoms with van der Waals surface area (Å²) < 4.78 is 53.8. The number of alkyl halides is 3. The first kappa shape index (κ1) is 19.8. The van der Waals surface area contributed by atoms with Gasteiger partial charge in [-0.3, -0.25) is 4.79 Å². The number of carbonyl (C=O) groups excluding carboxylic acids is 1. The van der Waals surface area contributed by atoms with Crippen LogP contribution in [0.5, 0.6) is 0 Å². The van der Waals surface area contributed by atoms with Gasteiger partial charge in [-0.15, -0.1) is 0 Å². The van der Waals surface area contributed by atoms with Crippen molar-refractivity contribution in [1.82, 2.24) is 25.1 Å². The molecule has 30 heavy (non-hydrogen) atoms. The molecule has 7 nitrogen and oxygen atoms in total. The minimum atomic E-state index is -4.87. The molecule has 1 saturated heterocycles. The maximum Gasteiger partial charge on any atom is 0.419 e. The second-order valence-corrected chi connectivity index (χ2v) is 6.70. The molecule has 0 aliphatic carbocycles. The first-order valence-corrected chi connectivity index (χ1v) is 9.09. The van der Waals surface area contributed by atoms with Gasteiger partial charge in [0.15, 0.2) is 0 Å². The largest absolute Gasteiger partial charge is 0.419 e. The molecule has 1 aliphatic heterocycles. The fourth-order valence-corrected chi connectivity index (χ4v) is 3.28. The van der Waals surface area contributed by atoms with E-state index in [1.54, 1.807) is 4.68 Å². The zero-order valence-corrected chi connectivity index (χ0v) is 15.6. The number of aromatic nitrogens is 4. The van der Waals surface area contributed by atoms with Crippen molar-refractivity contribution in [3.8, 4) is 5.69 Å². The number of carbonyl (C=O) groups is 1. The number of piperazine rings is 1.